The zero-order valence-electron chi connectivity index (χ0n) is 14.9. The average Bonchev–Trinajstić information content (AvgIpc) is 3.10. The monoisotopic (exact) mass is 374 g/mol. The van der Waals surface area contributed by atoms with Crippen molar-refractivity contribution in [2.75, 3.05) is 18.8 Å². The summed E-state index contributed by atoms with van der Waals surface area (Å²) in [5.74, 6) is -0.403. The number of aromatic nitrogens is 4. The number of amides is 2. The van der Waals surface area contributed by atoms with Gasteiger partial charge in [-0.2, -0.15) is 4.68 Å². The van der Waals surface area contributed by atoms with Gasteiger partial charge in [-0.15, -0.1) is 5.10 Å². The summed E-state index contributed by atoms with van der Waals surface area (Å²) in [6.07, 6.45) is 1.54. The van der Waals surface area contributed by atoms with Crippen LogP contribution in [0.1, 0.15) is 24.0 Å². The minimum Gasteiger partial charge on any atom is -0.369 e. The van der Waals surface area contributed by atoms with Gasteiger partial charge in [0.1, 0.15) is 0 Å². The van der Waals surface area contributed by atoms with E-state index in [9.17, 15) is 9.59 Å². The van der Waals surface area contributed by atoms with Crippen LogP contribution in [0.3, 0.4) is 0 Å². The van der Waals surface area contributed by atoms with Crippen LogP contribution in [0.2, 0.25) is 0 Å². The minimum absolute atomic E-state index is 0.0319. The third-order valence-electron chi connectivity index (χ3n) is 4.68. The highest BCUT2D eigenvalue weighted by Gasteiger charge is 2.27. The predicted molar refractivity (Wildman–Crippen MR) is 97.9 cm³/mol. The summed E-state index contributed by atoms with van der Waals surface area (Å²) in [5, 5.41) is 12.3. The van der Waals surface area contributed by atoms with Crippen LogP contribution in [0, 0.1) is 19.8 Å². The number of carbonyl (C=O) groups is 2. The number of primary amides is 1. The van der Waals surface area contributed by atoms with Crippen LogP contribution in [-0.4, -0.2) is 55.8 Å². The van der Waals surface area contributed by atoms with Gasteiger partial charge in [-0.05, 0) is 60.4 Å². The van der Waals surface area contributed by atoms with Crippen molar-refractivity contribution in [3.8, 4) is 5.69 Å². The molecule has 1 fully saturated rings. The SMILES string of the molecule is Cc1ccc(-n2nnnc2SCC(=O)N2CCC[C@H](C(N)=O)C2)cc1C. The topological polar surface area (TPSA) is 107 Å². The normalized spacial score (nSPS) is 17.3. The van der Waals surface area contributed by atoms with Gasteiger partial charge in [-0.3, -0.25) is 9.59 Å². The Kier molecular flexibility index (Phi) is 5.55. The number of benzene rings is 1. The van der Waals surface area contributed by atoms with E-state index in [0.29, 0.717) is 18.2 Å². The molecule has 2 aromatic rings. The van der Waals surface area contributed by atoms with Crippen LogP contribution in [0.25, 0.3) is 5.69 Å². The minimum atomic E-state index is -0.339. The van der Waals surface area contributed by atoms with Crippen LogP contribution < -0.4 is 5.73 Å². The Morgan fingerprint density at radius 3 is 2.85 bits per heavy atom. The van der Waals surface area contributed by atoms with E-state index in [0.717, 1.165) is 24.1 Å². The second-order valence-corrected chi connectivity index (χ2v) is 7.45. The molecule has 8 nitrogen and oxygen atoms in total. The highest BCUT2D eigenvalue weighted by atomic mass is 32.2. The lowest BCUT2D eigenvalue weighted by Crippen LogP contribution is -2.44. The van der Waals surface area contributed by atoms with E-state index in [1.165, 1.54) is 17.3 Å². The van der Waals surface area contributed by atoms with Crippen LogP contribution in [0.15, 0.2) is 23.4 Å². The number of piperidine rings is 1. The van der Waals surface area contributed by atoms with Crippen molar-refractivity contribution in [3.05, 3.63) is 29.3 Å². The van der Waals surface area contributed by atoms with E-state index < -0.39 is 0 Å². The van der Waals surface area contributed by atoms with Gasteiger partial charge in [0.2, 0.25) is 17.0 Å². The van der Waals surface area contributed by atoms with Crippen LogP contribution in [-0.2, 0) is 9.59 Å². The zero-order valence-corrected chi connectivity index (χ0v) is 15.7. The lowest BCUT2D eigenvalue weighted by Gasteiger charge is -2.31. The highest BCUT2D eigenvalue weighted by Crippen LogP contribution is 2.22. The Bertz CT molecular complexity index is 821. The fourth-order valence-electron chi connectivity index (χ4n) is 2.94. The van der Waals surface area contributed by atoms with Gasteiger partial charge in [-0.25, -0.2) is 0 Å². The molecule has 0 unspecified atom stereocenters. The molecule has 2 N–H and O–H groups in total. The molecule has 0 bridgehead atoms. The zero-order chi connectivity index (χ0) is 18.7. The molecule has 0 spiro atoms. The van der Waals surface area contributed by atoms with Crippen LogP contribution >= 0.6 is 11.8 Å². The summed E-state index contributed by atoms with van der Waals surface area (Å²) in [6, 6.07) is 5.98. The maximum absolute atomic E-state index is 12.5. The number of tetrazole rings is 1. The van der Waals surface area contributed by atoms with Crippen molar-refractivity contribution in [2.45, 2.75) is 31.8 Å². The van der Waals surface area contributed by atoms with Crippen LogP contribution in [0.5, 0.6) is 0 Å². The molecule has 26 heavy (non-hydrogen) atoms. The summed E-state index contributed by atoms with van der Waals surface area (Å²) >= 11 is 1.29. The first-order chi connectivity index (χ1) is 12.5. The lowest BCUT2D eigenvalue weighted by molar-refractivity contribution is -0.132. The lowest BCUT2D eigenvalue weighted by atomic mass is 9.97. The number of carbonyl (C=O) groups excluding carboxylic acids is 2. The molecule has 2 heterocycles. The molecule has 1 aliphatic rings. The number of likely N-dealkylation sites (tertiary alicyclic amines) is 1. The fourth-order valence-corrected chi connectivity index (χ4v) is 3.74. The first-order valence-electron chi connectivity index (χ1n) is 8.51. The molecule has 0 saturated carbocycles. The second-order valence-electron chi connectivity index (χ2n) is 6.51. The third-order valence-corrected chi connectivity index (χ3v) is 5.58. The number of rotatable bonds is 5. The van der Waals surface area contributed by atoms with E-state index in [1.807, 2.05) is 32.0 Å². The first kappa shape index (κ1) is 18.4. The number of nitrogens with two attached hydrogens (primary N) is 1. The Morgan fingerprint density at radius 2 is 2.12 bits per heavy atom. The molecule has 0 radical (unpaired) electrons. The van der Waals surface area contributed by atoms with Crippen molar-refractivity contribution >= 4 is 23.6 Å². The molecule has 138 valence electrons. The van der Waals surface area contributed by atoms with Crippen molar-refractivity contribution in [1.29, 1.82) is 0 Å². The second kappa shape index (κ2) is 7.86. The quantitative estimate of drug-likeness (QED) is 0.785. The molecule has 1 atom stereocenters. The van der Waals surface area contributed by atoms with Crippen molar-refractivity contribution in [2.24, 2.45) is 11.7 Å². The van der Waals surface area contributed by atoms with E-state index in [-0.39, 0.29) is 23.5 Å². The smallest absolute Gasteiger partial charge is 0.233 e. The molecule has 2 amide bonds. The molecule has 3 rings (SSSR count). The van der Waals surface area contributed by atoms with E-state index in [1.54, 1.807) is 9.58 Å². The molecule has 0 aliphatic carbocycles. The third kappa shape index (κ3) is 4.04. The van der Waals surface area contributed by atoms with Gasteiger partial charge >= 0.3 is 0 Å². The molecular formula is C17H22N6O2S. The average molecular weight is 374 g/mol. The molecule has 1 aliphatic heterocycles. The Hall–Kier alpha value is -2.42. The summed E-state index contributed by atoms with van der Waals surface area (Å²) in [5.41, 5.74) is 8.58. The summed E-state index contributed by atoms with van der Waals surface area (Å²) in [7, 11) is 0. The molecule has 1 saturated heterocycles. The Morgan fingerprint density at radius 1 is 1.31 bits per heavy atom. The fraction of sp³-hybridized carbons (Fsp3) is 0.471. The molecule has 9 heteroatoms. The molecule has 1 aromatic carbocycles. The molecule has 1 aromatic heterocycles. The largest absolute Gasteiger partial charge is 0.369 e. The Balaban J connectivity index is 1.65. The number of aryl methyl sites for hydroxylation is 2. The van der Waals surface area contributed by atoms with E-state index in [2.05, 4.69) is 15.5 Å². The van der Waals surface area contributed by atoms with Gasteiger partial charge < -0.3 is 10.6 Å². The van der Waals surface area contributed by atoms with E-state index >= 15 is 0 Å². The molecular weight excluding hydrogens is 352 g/mol. The van der Waals surface area contributed by atoms with Crippen LogP contribution in [0.4, 0.5) is 0 Å². The maximum atomic E-state index is 12.5. The summed E-state index contributed by atoms with van der Waals surface area (Å²) in [4.78, 5) is 25.6. The number of hydrogen-bond donors (Lipinski definition) is 1. The summed E-state index contributed by atoms with van der Waals surface area (Å²) < 4.78 is 1.63. The predicted octanol–water partition coefficient (Wildman–Crippen LogP) is 1.10. The van der Waals surface area contributed by atoms with Gasteiger partial charge in [0.05, 0.1) is 17.4 Å². The Labute approximate surface area is 156 Å². The first-order valence-corrected chi connectivity index (χ1v) is 9.50. The van der Waals surface area contributed by atoms with Crippen molar-refractivity contribution < 1.29 is 9.59 Å². The van der Waals surface area contributed by atoms with E-state index in [4.69, 9.17) is 5.73 Å². The van der Waals surface area contributed by atoms with Gasteiger partial charge in [0.15, 0.2) is 0 Å². The van der Waals surface area contributed by atoms with Crippen molar-refractivity contribution in [3.63, 3.8) is 0 Å². The number of hydrogen-bond acceptors (Lipinski definition) is 6. The maximum Gasteiger partial charge on any atom is 0.233 e. The highest BCUT2D eigenvalue weighted by molar-refractivity contribution is 7.99. The van der Waals surface area contributed by atoms with Gasteiger partial charge in [0.25, 0.3) is 0 Å². The number of nitrogens with zero attached hydrogens (tertiary/aromatic N) is 5. The van der Waals surface area contributed by atoms with Gasteiger partial charge in [-0.1, -0.05) is 17.8 Å². The van der Waals surface area contributed by atoms with Gasteiger partial charge in [0, 0.05) is 13.1 Å². The standard InChI is InChI=1S/C17H22N6O2S/c1-11-5-6-14(8-12(11)2)23-17(19-20-21-23)26-10-15(24)22-7-3-4-13(9-22)16(18)25/h5-6,8,13H,3-4,7,9-10H2,1-2H3,(H2,18,25)/t13-/m0/s1. The van der Waals surface area contributed by atoms with Crippen molar-refractivity contribution in [1.82, 2.24) is 25.1 Å². The summed E-state index contributed by atoms with van der Waals surface area (Å²) in [6.45, 7) is 5.14. The number of thioether (sulfide) groups is 1.